The van der Waals surface area contributed by atoms with Gasteiger partial charge in [-0.25, -0.2) is 0 Å². The third kappa shape index (κ3) is 34.7. The van der Waals surface area contributed by atoms with Gasteiger partial charge in [0.15, 0.2) is 27.9 Å². The standard InChI is InChI=1S/C20H24ClNO4.C20H20ClNO4.C17H16ClNO2.C14H22O5.C8H14O4.C6Cl4O2.C6H7ClN2.C6H8O.C2H6O.C2H5O.Na/c2*1-4-25-18(23)20(3,19(24)26-5-2)12-6-8-14-15-11-13(21)7-9-16(15)22-17(14)10-12;1-3-21-17(20)10(2)11-4-6-13-14-9-12(18)5-7-15(14)19-16(13)8-11;1-4-18-12(16)14(3,13(17)19-5-2)10-7-6-8-11(15)9-10;1-4-11-7(9)6(3)8(10)12-5-2;7-1-2(8)6(12)4(10)3(9)5(1)11;7-5-1-3-6(9-8)4-2-5;7-6-4-2-1-3-5-6;2*1-2-3;/h7,9,11-12,22H,4-6,8,10H2,1-3H3;6-11,22H,4-5H2,1-3H3;4-10,19H,3H2,1-2H3;10H,4-9H2,1-3H3;6H,4-5H2,1-3H3;;1-4,9H,8H2;2,4H,1,3,5H2;3H,2H2,1H3;2H2,1H3;/q;;;;;;;;;-1;+1. The van der Waals surface area contributed by atoms with E-state index in [2.05, 4.69) is 29.9 Å². The summed E-state index contributed by atoms with van der Waals surface area (Å²) in [4.78, 5) is 163. The fraction of sp³-hybridized carbons (Fsp3) is 0.436. The zero-order valence-corrected chi connectivity index (χ0v) is 89.3. The molecule has 7 N–H and O–H groups in total. The number of fused-ring (bicyclic) bond motifs is 9. The summed E-state index contributed by atoms with van der Waals surface area (Å²) in [6, 6.07) is 35.7. The Hall–Kier alpha value is -9.41. The number of hydrogen-bond acceptors (Lipinski definition) is 26. The van der Waals surface area contributed by atoms with E-state index in [9.17, 15) is 62.3 Å². The summed E-state index contributed by atoms with van der Waals surface area (Å²) < 4.78 is 45.1. The third-order valence-electron chi connectivity index (χ3n) is 21.9. The minimum Gasteiger partial charge on any atom is -0.855 e. The molecular weight excluding hydrogens is 1970 g/mol. The number of halogens is 8. The van der Waals surface area contributed by atoms with Gasteiger partial charge in [-0.15, -0.1) is 6.61 Å². The van der Waals surface area contributed by atoms with Crippen LogP contribution >= 0.6 is 92.8 Å². The molecule has 0 amide bonds. The Morgan fingerprint density at radius 2 is 0.813 bits per heavy atom. The summed E-state index contributed by atoms with van der Waals surface area (Å²) in [5, 5.41) is 22.9. The number of benzene rings is 6. The number of ketones is 4. The van der Waals surface area contributed by atoms with Crippen molar-refractivity contribution in [3.63, 3.8) is 0 Å². The minimum atomic E-state index is -1.53. The monoisotopic (exact) mass is 2090 g/mol. The number of carbonyl (C=O) groups excluding carboxylic acids is 13. The summed E-state index contributed by atoms with van der Waals surface area (Å²) in [7, 11) is 0. The van der Waals surface area contributed by atoms with Gasteiger partial charge in [-0.2, -0.15) is 0 Å². The van der Waals surface area contributed by atoms with Gasteiger partial charge in [0.25, 0.3) is 0 Å². The molecule has 3 atom stereocenters. The van der Waals surface area contributed by atoms with Crippen molar-refractivity contribution in [2.24, 2.45) is 34.4 Å². The Balaban J connectivity index is 0.000000417. The number of H-pyrrole nitrogens is 3. The average molecular weight is 2100 g/mol. The van der Waals surface area contributed by atoms with Gasteiger partial charge in [0.1, 0.15) is 25.9 Å². The SMILES string of the molecule is CCO.CCOC(=O)C(C)(C(=O)OCC)C1CCCC(=O)C1.CCOC(=O)C(C)(C(=O)OCC)C1CCc2c([nH]c3ccc(Cl)cc23)C1.CCOC(=O)C(C)(C(=O)OCC)c1ccc2c(c1)[nH]c1ccc(Cl)cc12.CCOC(=O)C(C)C(=O)OCC.CCOC(=O)C(C)c1ccc2c(c1)[nH]c1ccc(Cl)cc12.CC[O-].NNc1ccc(Cl)cc1.O=C1C(Cl)=C(Cl)C(=O)C(Cl)=C1Cl.O=C1C=CCCC1.[Na+]. The van der Waals surface area contributed by atoms with Crippen LogP contribution in [0.3, 0.4) is 0 Å². The molecule has 0 saturated heterocycles. The molecule has 0 bridgehead atoms. The molecule has 3 unspecified atom stereocenters. The molecule has 13 rings (SSSR count). The number of allylic oxidation sites excluding steroid dienone is 6. The molecule has 139 heavy (non-hydrogen) atoms. The summed E-state index contributed by atoms with van der Waals surface area (Å²) in [5.74, 6) is -2.29. The number of anilines is 1. The van der Waals surface area contributed by atoms with E-state index in [1.165, 1.54) is 26.3 Å². The Kier molecular flexibility index (Phi) is 55.3. The molecule has 6 aromatic carbocycles. The van der Waals surface area contributed by atoms with E-state index in [4.69, 9.17) is 142 Å². The number of hydrogen-bond donors (Lipinski definition) is 6. The summed E-state index contributed by atoms with van der Waals surface area (Å²) in [5.41, 5.74) is 7.66. The van der Waals surface area contributed by atoms with Crippen LogP contribution in [0.1, 0.15) is 190 Å². The molecule has 1 saturated carbocycles. The van der Waals surface area contributed by atoms with E-state index in [-0.39, 0.29) is 137 Å². The fourth-order valence-electron chi connectivity index (χ4n) is 14.5. The predicted molar refractivity (Wildman–Crippen MR) is 536 cm³/mol. The smallest absolute Gasteiger partial charge is 0.855 e. The number of aliphatic hydroxyl groups is 1. The Bertz CT molecular complexity index is 5650. The number of esters is 9. The van der Waals surface area contributed by atoms with Crippen molar-refractivity contribution in [1.29, 1.82) is 0 Å². The summed E-state index contributed by atoms with van der Waals surface area (Å²) in [6.07, 6.45) is 10.7. The number of rotatable bonds is 23. The van der Waals surface area contributed by atoms with Gasteiger partial charge in [-0.1, -0.05) is 130 Å². The number of aromatic amines is 3. The maximum absolute atomic E-state index is 12.7. The number of aliphatic hydroxyl groups excluding tert-OH is 1. The van der Waals surface area contributed by atoms with E-state index < -0.39 is 102 Å². The molecule has 752 valence electrons. The normalized spacial score (nSPS) is 14.4. The molecule has 29 nitrogen and oxygen atoms in total. The molecule has 0 spiro atoms. The van der Waals surface area contributed by atoms with Gasteiger partial charge in [0, 0.05) is 112 Å². The number of aromatic nitrogens is 3. The number of ether oxygens (including phenoxy) is 9. The number of carbonyl (C=O) groups is 13. The molecule has 4 aliphatic rings. The molecule has 1 fully saturated rings. The van der Waals surface area contributed by atoms with E-state index in [0.29, 0.717) is 64.4 Å². The second kappa shape index (κ2) is 62.1. The van der Waals surface area contributed by atoms with Gasteiger partial charge in [-0.05, 0) is 274 Å². The van der Waals surface area contributed by atoms with Crippen LogP contribution in [-0.4, -0.2) is 170 Å². The van der Waals surface area contributed by atoms with Crippen molar-refractivity contribution in [3.8, 4) is 0 Å². The Morgan fingerprint density at radius 3 is 1.19 bits per heavy atom. The second-order valence-corrected chi connectivity index (χ2v) is 34.5. The molecule has 3 aromatic heterocycles. The largest absolute Gasteiger partial charge is 1.00 e. The number of hydrazine groups is 1. The van der Waals surface area contributed by atoms with E-state index >= 15 is 0 Å². The van der Waals surface area contributed by atoms with Crippen LogP contribution in [0.25, 0.3) is 54.5 Å². The topological polar surface area (TPSA) is 434 Å². The molecule has 9 aromatic rings. The fourth-order valence-corrected chi connectivity index (χ4v) is 15.9. The molecule has 0 radical (unpaired) electrons. The Morgan fingerprint density at radius 1 is 0.439 bits per heavy atom. The first kappa shape index (κ1) is 124. The van der Waals surface area contributed by atoms with Gasteiger partial charge < -0.3 is 73.2 Å². The second-order valence-electron chi connectivity index (χ2n) is 31.2. The molecule has 0 aliphatic heterocycles. The number of nitrogen functional groups attached to an aromatic ring is 1. The zero-order valence-electron chi connectivity index (χ0n) is 81.2. The van der Waals surface area contributed by atoms with Crippen LogP contribution in [0.15, 0.2) is 148 Å². The molecule has 4 aliphatic carbocycles. The number of nitrogens with one attached hydrogen (secondary N) is 4. The first-order chi connectivity index (χ1) is 65.5. The van der Waals surface area contributed by atoms with Crippen LogP contribution in [0.2, 0.25) is 20.1 Å². The minimum absolute atomic E-state index is 0. The van der Waals surface area contributed by atoms with E-state index in [0.717, 1.165) is 97.1 Å². The first-order valence-electron chi connectivity index (χ1n) is 45.1. The number of aryl methyl sites for hydroxylation is 1. The van der Waals surface area contributed by atoms with Gasteiger partial charge in [0.2, 0.25) is 11.6 Å². The van der Waals surface area contributed by atoms with Crippen LogP contribution < -0.4 is 45.9 Å². The van der Waals surface area contributed by atoms with Crippen molar-refractivity contribution in [2.45, 2.75) is 186 Å². The first-order valence-corrected chi connectivity index (χ1v) is 48.1. The van der Waals surface area contributed by atoms with Crippen LogP contribution in [0, 0.1) is 28.6 Å². The average Bonchev–Trinajstić information content (AvgIpc) is 1.63. The van der Waals surface area contributed by atoms with E-state index in [1.807, 2.05) is 111 Å². The van der Waals surface area contributed by atoms with E-state index in [1.54, 1.807) is 107 Å². The zero-order chi connectivity index (χ0) is 103. The van der Waals surface area contributed by atoms with Gasteiger partial charge >= 0.3 is 83.3 Å². The maximum Gasteiger partial charge on any atom is 1.00 e. The maximum atomic E-state index is 12.7. The third-order valence-corrected chi connectivity index (χ3v) is 24.5. The predicted octanol–water partition coefficient (Wildman–Crippen LogP) is 17.5. The van der Waals surface area contributed by atoms with Crippen molar-refractivity contribution in [1.82, 2.24) is 15.0 Å². The van der Waals surface area contributed by atoms with Crippen molar-refractivity contribution in [2.75, 3.05) is 78.1 Å². The van der Waals surface area contributed by atoms with Crippen LogP contribution in [0.5, 0.6) is 0 Å². The summed E-state index contributed by atoms with van der Waals surface area (Å²) >= 11 is 45.4. The van der Waals surface area contributed by atoms with Crippen LogP contribution in [-0.2, 0) is 123 Å². The summed E-state index contributed by atoms with van der Waals surface area (Å²) in [6.45, 7) is 29.2. The van der Waals surface area contributed by atoms with Gasteiger partial charge in [-0.3, -0.25) is 68.2 Å². The Labute approximate surface area is 871 Å². The van der Waals surface area contributed by atoms with Crippen LogP contribution in [0.4, 0.5) is 5.69 Å². The molecule has 3 heterocycles. The van der Waals surface area contributed by atoms with Gasteiger partial charge in [0.05, 0.1) is 65.4 Å². The number of Topliss-reactive ketones (excluding diaryl/α,β-unsaturated/α-hetero) is 3. The van der Waals surface area contributed by atoms with Crippen molar-refractivity contribution < 1.29 is 145 Å². The molecular formula is C101H122Cl8N5NaO24. The van der Waals surface area contributed by atoms with Crippen molar-refractivity contribution >= 4 is 230 Å². The molecule has 38 heteroatoms. The van der Waals surface area contributed by atoms with Crippen molar-refractivity contribution in [3.05, 3.63) is 190 Å². The number of nitrogens with two attached hydrogens (primary N) is 1. The quantitative estimate of drug-likeness (QED) is 0.00659.